The molecule has 0 aliphatic heterocycles. The second-order valence-corrected chi connectivity index (χ2v) is 7.16. The molecule has 2 aromatic heterocycles. The van der Waals surface area contributed by atoms with Crippen molar-refractivity contribution in [1.82, 2.24) is 15.2 Å². The highest BCUT2D eigenvalue weighted by atomic mass is 32.2. The SMILES string of the molecule is CCS(=O)(=O)Nc1cc(F)cc(F)c1.FC(F)c1nnc(-c2cccnc2)o1. The van der Waals surface area contributed by atoms with E-state index in [0.717, 1.165) is 12.1 Å². The summed E-state index contributed by atoms with van der Waals surface area (Å²) < 4.78 is 78.3. The maximum absolute atomic E-state index is 12.6. The minimum atomic E-state index is -3.49. The summed E-state index contributed by atoms with van der Waals surface area (Å²) in [7, 11) is -3.49. The van der Waals surface area contributed by atoms with Crippen LogP contribution in [0.25, 0.3) is 11.5 Å². The Labute approximate surface area is 157 Å². The van der Waals surface area contributed by atoms with Crippen molar-refractivity contribution in [3.8, 4) is 11.5 Å². The zero-order valence-corrected chi connectivity index (χ0v) is 15.1. The molecule has 0 aliphatic carbocycles. The fraction of sp³-hybridized carbons (Fsp3) is 0.188. The number of anilines is 1. The van der Waals surface area contributed by atoms with Crippen LogP contribution < -0.4 is 4.72 Å². The normalized spacial score (nSPS) is 11.1. The van der Waals surface area contributed by atoms with Gasteiger partial charge in [0.05, 0.1) is 17.0 Å². The topological polar surface area (TPSA) is 98.0 Å². The van der Waals surface area contributed by atoms with Gasteiger partial charge in [0.2, 0.25) is 15.9 Å². The molecule has 0 radical (unpaired) electrons. The molecule has 2 heterocycles. The molecule has 0 atom stereocenters. The first-order valence-corrected chi connectivity index (χ1v) is 9.34. The summed E-state index contributed by atoms with van der Waals surface area (Å²) in [6.07, 6.45) is 0.282. The van der Waals surface area contributed by atoms with Crippen molar-refractivity contribution in [3.63, 3.8) is 0 Å². The molecule has 12 heteroatoms. The van der Waals surface area contributed by atoms with E-state index in [0.29, 0.717) is 11.6 Å². The van der Waals surface area contributed by atoms with Crippen LogP contribution in [0, 0.1) is 11.6 Å². The average molecular weight is 418 g/mol. The van der Waals surface area contributed by atoms with Crippen molar-refractivity contribution in [2.24, 2.45) is 0 Å². The van der Waals surface area contributed by atoms with Crippen molar-refractivity contribution >= 4 is 15.7 Å². The van der Waals surface area contributed by atoms with Gasteiger partial charge in [0.1, 0.15) is 11.6 Å². The summed E-state index contributed by atoms with van der Waals surface area (Å²) in [6, 6.07) is 5.80. The van der Waals surface area contributed by atoms with Crippen molar-refractivity contribution in [2.45, 2.75) is 13.3 Å². The van der Waals surface area contributed by atoms with E-state index in [1.54, 1.807) is 18.3 Å². The maximum Gasteiger partial charge on any atom is 0.314 e. The molecule has 28 heavy (non-hydrogen) atoms. The molecule has 7 nitrogen and oxygen atoms in total. The van der Waals surface area contributed by atoms with Gasteiger partial charge in [-0.3, -0.25) is 9.71 Å². The van der Waals surface area contributed by atoms with Crippen LogP contribution in [0.3, 0.4) is 0 Å². The van der Waals surface area contributed by atoms with Gasteiger partial charge in [-0.05, 0) is 31.2 Å². The van der Waals surface area contributed by atoms with Crippen LogP contribution in [-0.2, 0) is 10.0 Å². The third-order valence-electron chi connectivity index (χ3n) is 3.05. The van der Waals surface area contributed by atoms with E-state index in [4.69, 9.17) is 4.42 Å². The molecule has 1 N–H and O–H groups in total. The van der Waals surface area contributed by atoms with Gasteiger partial charge in [0, 0.05) is 18.5 Å². The molecule has 0 fully saturated rings. The Morgan fingerprint density at radius 1 is 1.14 bits per heavy atom. The van der Waals surface area contributed by atoms with E-state index >= 15 is 0 Å². The number of benzene rings is 1. The van der Waals surface area contributed by atoms with E-state index in [1.807, 2.05) is 4.72 Å². The summed E-state index contributed by atoms with van der Waals surface area (Å²) in [5.41, 5.74) is 0.413. The fourth-order valence-electron chi connectivity index (χ4n) is 1.79. The predicted octanol–water partition coefficient (Wildman–Crippen LogP) is 3.80. The first-order valence-electron chi connectivity index (χ1n) is 7.68. The highest BCUT2D eigenvalue weighted by Crippen LogP contribution is 2.22. The van der Waals surface area contributed by atoms with Crippen LogP contribution in [0.1, 0.15) is 19.2 Å². The van der Waals surface area contributed by atoms with Crippen LogP contribution >= 0.6 is 0 Å². The Kier molecular flexibility index (Phi) is 7.04. The van der Waals surface area contributed by atoms with Gasteiger partial charge in [-0.2, -0.15) is 8.78 Å². The zero-order valence-electron chi connectivity index (χ0n) is 14.3. The molecule has 150 valence electrons. The van der Waals surface area contributed by atoms with Crippen molar-refractivity contribution in [1.29, 1.82) is 0 Å². The van der Waals surface area contributed by atoms with E-state index in [2.05, 4.69) is 15.2 Å². The van der Waals surface area contributed by atoms with Crippen LogP contribution in [0.4, 0.5) is 23.2 Å². The summed E-state index contributed by atoms with van der Waals surface area (Å²) >= 11 is 0. The zero-order chi connectivity index (χ0) is 20.7. The molecule has 0 aliphatic rings. The van der Waals surface area contributed by atoms with Crippen molar-refractivity contribution < 1.29 is 30.4 Å². The van der Waals surface area contributed by atoms with Crippen LogP contribution in [-0.4, -0.2) is 29.4 Å². The molecule has 1 aromatic carbocycles. The van der Waals surface area contributed by atoms with Gasteiger partial charge in [-0.15, -0.1) is 10.2 Å². The lowest BCUT2D eigenvalue weighted by molar-refractivity contribution is 0.116. The standard InChI is InChI=1S/C8H5F2N3O.C8H9F2NO2S/c9-6(10)8-13-12-7(14-8)5-2-1-3-11-4-5;1-2-14(12,13)11-8-4-6(9)3-7(10)5-8/h1-4,6H;3-5,11H,2H2,1H3. The molecular weight excluding hydrogens is 404 g/mol. The Bertz CT molecular complexity index is 993. The fourth-order valence-corrected chi connectivity index (χ4v) is 2.41. The molecule has 0 saturated heterocycles. The minimum absolute atomic E-state index is 0.0494. The summed E-state index contributed by atoms with van der Waals surface area (Å²) in [4.78, 5) is 3.80. The van der Waals surface area contributed by atoms with E-state index in [9.17, 15) is 26.0 Å². The quantitative estimate of drug-likeness (QED) is 0.633. The number of aromatic nitrogens is 3. The molecular formula is C16H14F4N4O3S. The predicted molar refractivity (Wildman–Crippen MR) is 91.9 cm³/mol. The Balaban J connectivity index is 0.000000200. The monoisotopic (exact) mass is 418 g/mol. The highest BCUT2D eigenvalue weighted by molar-refractivity contribution is 7.92. The lowest BCUT2D eigenvalue weighted by Gasteiger charge is -2.05. The largest absolute Gasteiger partial charge is 0.415 e. The number of halogens is 4. The Morgan fingerprint density at radius 2 is 1.82 bits per heavy atom. The van der Waals surface area contributed by atoms with Crippen LogP contribution in [0.2, 0.25) is 0 Å². The average Bonchev–Trinajstić information content (AvgIpc) is 3.12. The van der Waals surface area contributed by atoms with Crippen LogP contribution in [0.5, 0.6) is 0 Å². The molecule has 0 amide bonds. The highest BCUT2D eigenvalue weighted by Gasteiger charge is 2.16. The molecule has 0 spiro atoms. The minimum Gasteiger partial charge on any atom is -0.415 e. The number of hydrogen-bond donors (Lipinski definition) is 1. The number of pyridine rings is 1. The summed E-state index contributed by atoms with van der Waals surface area (Å²) in [6.45, 7) is 1.43. The molecule has 3 rings (SSSR count). The van der Waals surface area contributed by atoms with Gasteiger partial charge >= 0.3 is 6.43 Å². The van der Waals surface area contributed by atoms with Crippen molar-refractivity contribution in [2.75, 3.05) is 10.5 Å². The number of nitrogens with one attached hydrogen (secondary N) is 1. The van der Waals surface area contributed by atoms with Gasteiger partial charge in [0.15, 0.2) is 0 Å². The first kappa shape index (κ1) is 21.3. The second kappa shape index (κ2) is 9.26. The Morgan fingerprint density at radius 3 is 2.32 bits per heavy atom. The van der Waals surface area contributed by atoms with Gasteiger partial charge in [-0.1, -0.05) is 0 Å². The number of rotatable bonds is 5. The lowest BCUT2D eigenvalue weighted by Crippen LogP contribution is -2.14. The van der Waals surface area contributed by atoms with Gasteiger partial charge in [-0.25, -0.2) is 17.2 Å². The molecule has 0 bridgehead atoms. The number of hydrogen-bond acceptors (Lipinski definition) is 6. The number of nitrogens with zero attached hydrogens (tertiary/aromatic N) is 3. The molecule has 0 saturated carbocycles. The van der Waals surface area contributed by atoms with Crippen LogP contribution in [0.15, 0.2) is 47.1 Å². The van der Waals surface area contributed by atoms with E-state index in [1.165, 1.54) is 13.1 Å². The Hall–Kier alpha value is -3.02. The first-order chi connectivity index (χ1) is 13.2. The summed E-state index contributed by atoms with van der Waals surface area (Å²) in [5.74, 6) is -2.42. The molecule has 3 aromatic rings. The van der Waals surface area contributed by atoms with Gasteiger partial charge in [0.25, 0.3) is 5.89 Å². The number of alkyl halides is 2. The third-order valence-corrected chi connectivity index (χ3v) is 4.36. The maximum atomic E-state index is 12.6. The third kappa shape index (κ3) is 6.30. The van der Waals surface area contributed by atoms with Gasteiger partial charge < -0.3 is 4.42 Å². The lowest BCUT2D eigenvalue weighted by atomic mass is 10.3. The molecule has 0 unspecified atom stereocenters. The second-order valence-electron chi connectivity index (χ2n) is 5.15. The number of sulfonamides is 1. The smallest absolute Gasteiger partial charge is 0.314 e. The van der Waals surface area contributed by atoms with E-state index < -0.39 is 34.0 Å². The van der Waals surface area contributed by atoms with E-state index in [-0.39, 0.29) is 17.3 Å². The summed E-state index contributed by atoms with van der Waals surface area (Å²) in [5, 5.41) is 6.67. The van der Waals surface area contributed by atoms with Crippen molar-refractivity contribution in [3.05, 3.63) is 60.3 Å².